The smallest absolute Gasteiger partial charge is 0.195 e. The van der Waals surface area contributed by atoms with E-state index in [4.69, 9.17) is 5.73 Å². The fourth-order valence-electron chi connectivity index (χ4n) is 2.24. The summed E-state index contributed by atoms with van der Waals surface area (Å²) >= 11 is 7.20. The molecule has 1 aromatic rings. The van der Waals surface area contributed by atoms with Crippen molar-refractivity contribution in [1.82, 2.24) is 5.32 Å². The van der Waals surface area contributed by atoms with Crippen LogP contribution in [-0.4, -0.2) is 19.0 Å². The predicted octanol–water partition coefficient (Wildman–Crippen LogP) is 3.29. The lowest BCUT2D eigenvalue weighted by molar-refractivity contribution is 0.958. The molecular weight excluding hydrogens is 372 g/mol. The van der Waals surface area contributed by atoms with E-state index in [-0.39, 0.29) is 0 Å². The number of anilines is 2. The fraction of sp³-hybridized carbons (Fsp3) is 0.462. The maximum Gasteiger partial charge on any atom is 0.195 e. The topological polar surface area (TPSA) is 62.4 Å². The minimum absolute atomic E-state index is 0.764. The van der Waals surface area contributed by atoms with Crippen LogP contribution in [-0.2, 0) is 12.8 Å². The van der Waals surface area contributed by atoms with Crippen molar-refractivity contribution in [2.24, 2.45) is 4.99 Å². The van der Waals surface area contributed by atoms with E-state index in [1.54, 1.807) is 0 Å². The first-order valence-electron chi connectivity index (χ1n) is 6.43. The van der Waals surface area contributed by atoms with Crippen molar-refractivity contribution in [3.63, 3.8) is 0 Å². The van der Waals surface area contributed by atoms with Gasteiger partial charge in [0.2, 0.25) is 0 Å². The van der Waals surface area contributed by atoms with Crippen LogP contribution in [0.2, 0.25) is 0 Å². The third-order valence-electron chi connectivity index (χ3n) is 3.23. The molecule has 0 aromatic heterocycles. The van der Waals surface area contributed by atoms with E-state index in [1.165, 1.54) is 11.1 Å². The normalized spacial score (nSPS) is 14.2. The van der Waals surface area contributed by atoms with Gasteiger partial charge < -0.3 is 16.4 Å². The molecule has 19 heavy (non-hydrogen) atoms. The highest BCUT2D eigenvalue weighted by Gasteiger charge is 2.19. The Hall–Kier alpha value is -0.750. The van der Waals surface area contributed by atoms with Crippen LogP contribution in [0.1, 0.15) is 25.0 Å². The highest BCUT2D eigenvalue weighted by atomic mass is 79.9. The third-order valence-corrected chi connectivity index (χ3v) is 5.04. The molecule has 2 rings (SSSR count). The second-order valence-corrected chi connectivity index (χ2v) is 5.95. The molecule has 0 spiro atoms. The van der Waals surface area contributed by atoms with Crippen molar-refractivity contribution >= 4 is 49.2 Å². The highest BCUT2D eigenvalue weighted by Crippen LogP contribution is 2.41. The van der Waals surface area contributed by atoms with Crippen molar-refractivity contribution in [2.45, 2.75) is 26.7 Å². The summed E-state index contributed by atoms with van der Waals surface area (Å²) in [6.45, 7) is 5.97. The minimum Gasteiger partial charge on any atom is -0.397 e. The van der Waals surface area contributed by atoms with Gasteiger partial charge >= 0.3 is 0 Å². The Morgan fingerprint density at radius 1 is 1.21 bits per heavy atom. The van der Waals surface area contributed by atoms with Crippen molar-refractivity contribution in [1.29, 1.82) is 0 Å². The molecule has 0 amide bonds. The second-order valence-electron chi connectivity index (χ2n) is 4.36. The zero-order valence-corrected chi connectivity index (χ0v) is 14.3. The monoisotopic (exact) mass is 388 g/mol. The number of rotatable bonds is 3. The van der Waals surface area contributed by atoms with Gasteiger partial charge in [-0.05, 0) is 55.8 Å². The summed E-state index contributed by atoms with van der Waals surface area (Å²) in [6, 6.07) is 0. The Morgan fingerprint density at radius 2 is 1.79 bits per heavy atom. The van der Waals surface area contributed by atoms with Crippen LogP contribution in [0.15, 0.2) is 13.9 Å². The maximum absolute atomic E-state index is 6.14. The van der Waals surface area contributed by atoms with E-state index >= 15 is 0 Å². The molecule has 0 bridgehead atoms. The van der Waals surface area contributed by atoms with Gasteiger partial charge in [-0.15, -0.1) is 0 Å². The molecule has 0 fully saturated rings. The Bertz CT molecular complexity index is 495. The van der Waals surface area contributed by atoms with Gasteiger partial charge in [0, 0.05) is 21.2 Å². The maximum atomic E-state index is 6.14. The molecule has 104 valence electrons. The lowest BCUT2D eigenvalue weighted by Crippen LogP contribution is -2.27. The molecule has 0 unspecified atom stereocenters. The van der Waals surface area contributed by atoms with E-state index < -0.39 is 0 Å². The third kappa shape index (κ3) is 2.74. The molecule has 1 aliphatic rings. The summed E-state index contributed by atoms with van der Waals surface area (Å²) in [6.07, 6.45) is 1.81. The quantitative estimate of drug-likeness (QED) is 0.695. The van der Waals surface area contributed by atoms with Crippen molar-refractivity contribution in [2.75, 3.05) is 24.1 Å². The standard InChI is InChI=1S/C13H18Br2N4/c1-3-7-9(14)11(16)10(15)8(4-2)12(7)19-13-17-5-6-18-13/h3-6,16H2,1-2H3,(H2,17,18,19). The summed E-state index contributed by atoms with van der Waals surface area (Å²) in [4.78, 5) is 4.40. The number of halogens is 2. The van der Waals surface area contributed by atoms with Gasteiger partial charge in [0.1, 0.15) is 0 Å². The average molecular weight is 390 g/mol. The number of nitrogens with two attached hydrogens (primary N) is 1. The van der Waals surface area contributed by atoms with Gasteiger partial charge in [-0.3, -0.25) is 4.99 Å². The first-order chi connectivity index (χ1) is 9.10. The fourth-order valence-corrected chi connectivity index (χ4v) is 3.86. The molecule has 0 saturated heterocycles. The largest absolute Gasteiger partial charge is 0.397 e. The molecule has 0 saturated carbocycles. The van der Waals surface area contributed by atoms with Crippen LogP contribution in [0.4, 0.5) is 11.4 Å². The van der Waals surface area contributed by atoms with E-state index in [9.17, 15) is 0 Å². The Morgan fingerprint density at radius 3 is 2.21 bits per heavy atom. The molecule has 0 aliphatic carbocycles. The molecule has 1 heterocycles. The summed E-state index contributed by atoms with van der Waals surface area (Å²) in [7, 11) is 0. The number of hydrogen-bond donors (Lipinski definition) is 3. The van der Waals surface area contributed by atoms with Gasteiger partial charge in [0.05, 0.1) is 12.2 Å². The zero-order valence-electron chi connectivity index (χ0n) is 11.1. The number of benzene rings is 1. The zero-order chi connectivity index (χ0) is 14.0. The molecule has 1 aromatic carbocycles. The van der Waals surface area contributed by atoms with Gasteiger partial charge in [-0.25, -0.2) is 0 Å². The Kier molecular flexibility index (Phi) is 4.73. The lowest BCUT2D eigenvalue weighted by atomic mass is 10.0. The van der Waals surface area contributed by atoms with Crippen LogP contribution in [0.25, 0.3) is 0 Å². The van der Waals surface area contributed by atoms with Crippen molar-refractivity contribution < 1.29 is 0 Å². The number of guanidine groups is 1. The molecule has 4 N–H and O–H groups in total. The molecule has 0 atom stereocenters. The van der Waals surface area contributed by atoms with E-state index in [2.05, 4.69) is 61.3 Å². The van der Waals surface area contributed by atoms with Crippen molar-refractivity contribution in [3.05, 3.63) is 20.1 Å². The molecule has 6 heteroatoms. The summed E-state index contributed by atoms with van der Waals surface area (Å²) < 4.78 is 1.92. The average Bonchev–Trinajstić information content (AvgIpc) is 2.90. The SMILES string of the molecule is CCc1c(Br)c(N)c(Br)c(CC)c1NC1=NCCN1. The summed E-state index contributed by atoms with van der Waals surface area (Å²) in [5, 5.41) is 6.65. The second kappa shape index (κ2) is 6.13. The number of nitrogen functional groups attached to an aromatic ring is 1. The number of hydrogen-bond acceptors (Lipinski definition) is 4. The van der Waals surface area contributed by atoms with Crippen LogP contribution in [0, 0.1) is 0 Å². The predicted molar refractivity (Wildman–Crippen MR) is 88.9 cm³/mol. The van der Waals surface area contributed by atoms with Gasteiger partial charge in [0.15, 0.2) is 5.96 Å². The Labute approximate surface area is 130 Å². The molecule has 0 radical (unpaired) electrons. The summed E-state index contributed by atoms with van der Waals surface area (Å²) in [5.74, 6) is 0.841. The number of aliphatic imine (C=N–C) groups is 1. The Balaban J connectivity index is 2.55. The molecular formula is C13H18Br2N4. The van der Waals surface area contributed by atoms with E-state index in [0.29, 0.717) is 0 Å². The van der Waals surface area contributed by atoms with E-state index in [1.807, 2.05) is 0 Å². The van der Waals surface area contributed by atoms with E-state index in [0.717, 1.165) is 52.2 Å². The first-order valence-corrected chi connectivity index (χ1v) is 8.02. The minimum atomic E-state index is 0.764. The molecule has 1 aliphatic heterocycles. The van der Waals surface area contributed by atoms with Crippen LogP contribution in [0.5, 0.6) is 0 Å². The highest BCUT2D eigenvalue weighted by molar-refractivity contribution is 9.11. The van der Waals surface area contributed by atoms with Crippen LogP contribution >= 0.6 is 31.9 Å². The lowest BCUT2D eigenvalue weighted by Gasteiger charge is -2.20. The van der Waals surface area contributed by atoms with Crippen LogP contribution in [0.3, 0.4) is 0 Å². The van der Waals surface area contributed by atoms with Crippen molar-refractivity contribution in [3.8, 4) is 0 Å². The van der Waals surface area contributed by atoms with Crippen LogP contribution < -0.4 is 16.4 Å². The number of nitrogens with zero attached hydrogens (tertiary/aromatic N) is 1. The van der Waals surface area contributed by atoms with Gasteiger partial charge in [-0.1, -0.05) is 13.8 Å². The first kappa shape index (κ1) is 14.7. The summed E-state index contributed by atoms with van der Waals surface area (Å²) in [5.41, 5.74) is 10.4. The number of nitrogens with one attached hydrogen (secondary N) is 2. The molecule has 4 nitrogen and oxygen atoms in total. The van der Waals surface area contributed by atoms with Gasteiger partial charge in [-0.2, -0.15) is 0 Å². The van der Waals surface area contributed by atoms with Gasteiger partial charge in [0.25, 0.3) is 0 Å².